The normalized spacial score (nSPS) is 14.9. The molecule has 0 amide bonds. The van der Waals surface area contributed by atoms with E-state index in [2.05, 4.69) is 83.0 Å². The van der Waals surface area contributed by atoms with Gasteiger partial charge in [0.1, 0.15) is 0 Å². The molecule has 0 N–H and O–H groups in total. The van der Waals surface area contributed by atoms with E-state index in [0.29, 0.717) is 0 Å². The lowest BCUT2D eigenvalue weighted by Gasteiger charge is -2.17. The van der Waals surface area contributed by atoms with Crippen LogP contribution in [0.2, 0.25) is 0 Å². The second-order valence-corrected chi connectivity index (χ2v) is 6.16. The van der Waals surface area contributed by atoms with Gasteiger partial charge in [-0.3, -0.25) is 0 Å². The largest absolute Gasteiger partial charge is 0.372 e. The molecular formula is C19H23N2S+. The predicted octanol–water partition coefficient (Wildman–Crippen LogP) is 3.67. The number of pyridine rings is 1. The number of rotatable bonds is 5. The minimum atomic E-state index is 0.864. The fourth-order valence-corrected chi connectivity index (χ4v) is 3.04. The van der Waals surface area contributed by atoms with E-state index in [9.17, 15) is 0 Å². The number of benzene rings is 1. The zero-order valence-electron chi connectivity index (χ0n) is 12.9. The molecule has 1 aromatic heterocycles. The van der Waals surface area contributed by atoms with Crippen LogP contribution < -0.4 is 9.47 Å². The molecular weight excluding hydrogens is 288 g/mol. The van der Waals surface area contributed by atoms with Gasteiger partial charge in [-0.05, 0) is 36.1 Å². The number of thiol groups is 1. The summed E-state index contributed by atoms with van der Waals surface area (Å²) >= 11 is 4.25. The van der Waals surface area contributed by atoms with E-state index in [1.165, 1.54) is 42.7 Å². The lowest BCUT2D eigenvalue weighted by molar-refractivity contribution is -0.692. The molecule has 1 saturated heterocycles. The summed E-state index contributed by atoms with van der Waals surface area (Å²) in [6, 6.07) is 13.1. The summed E-state index contributed by atoms with van der Waals surface area (Å²) in [4.78, 5) is 2.46. The van der Waals surface area contributed by atoms with Crippen LogP contribution in [0.4, 0.5) is 5.69 Å². The summed E-state index contributed by atoms with van der Waals surface area (Å²) in [5.74, 6) is 0.864. The van der Waals surface area contributed by atoms with Crippen molar-refractivity contribution in [3.63, 3.8) is 0 Å². The molecule has 1 aromatic carbocycles. The number of aryl methyl sites for hydroxylation is 1. The molecule has 0 aliphatic carbocycles. The van der Waals surface area contributed by atoms with E-state index in [1.54, 1.807) is 0 Å². The van der Waals surface area contributed by atoms with Gasteiger partial charge in [-0.1, -0.05) is 24.3 Å². The summed E-state index contributed by atoms with van der Waals surface area (Å²) in [5.41, 5.74) is 3.82. The van der Waals surface area contributed by atoms with Gasteiger partial charge < -0.3 is 4.90 Å². The lowest BCUT2D eigenvalue weighted by atomic mass is 10.1. The Balaban J connectivity index is 1.64. The Kier molecular flexibility index (Phi) is 5.17. The Morgan fingerprint density at radius 1 is 0.909 bits per heavy atom. The van der Waals surface area contributed by atoms with Gasteiger partial charge in [0, 0.05) is 36.7 Å². The van der Waals surface area contributed by atoms with Crippen molar-refractivity contribution in [1.29, 1.82) is 0 Å². The molecule has 2 nitrogen and oxygen atoms in total. The molecule has 0 saturated carbocycles. The molecule has 114 valence electrons. The molecule has 1 aliphatic rings. The van der Waals surface area contributed by atoms with Gasteiger partial charge in [0.2, 0.25) is 0 Å². The second-order valence-electron chi connectivity index (χ2n) is 5.71. The van der Waals surface area contributed by atoms with E-state index in [4.69, 9.17) is 0 Å². The molecule has 1 aliphatic heterocycles. The van der Waals surface area contributed by atoms with Gasteiger partial charge >= 0.3 is 0 Å². The number of hydrogen-bond acceptors (Lipinski definition) is 2. The lowest BCUT2D eigenvalue weighted by Crippen LogP contribution is -2.33. The van der Waals surface area contributed by atoms with Crippen LogP contribution in [0.5, 0.6) is 0 Å². The van der Waals surface area contributed by atoms with Gasteiger partial charge in [0.25, 0.3) is 0 Å². The Labute approximate surface area is 138 Å². The van der Waals surface area contributed by atoms with E-state index in [0.717, 1.165) is 12.3 Å². The highest BCUT2D eigenvalue weighted by atomic mass is 32.1. The highest BCUT2D eigenvalue weighted by Gasteiger charge is 2.11. The third-order valence-corrected chi connectivity index (χ3v) is 4.31. The van der Waals surface area contributed by atoms with E-state index in [-0.39, 0.29) is 0 Å². The minimum absolute atomic E-state index is 0.864. The summed E-state index contributed by atoms with van der Waals surface area (Å²) < 4.78 is 2.15. The van der Waals surface area contributed by atoms with Crippen molar-refractivity contribution in [3.05, 3.63) is 59.9 Å². The maximum Gasteiger partial charge on any atom is 0.169 e. The topological polar surface area (TPSA) is 7.12 Å². The van der Waals surface area contributed by atoms with Crippen LogP contribution in [0.3, 0.4) is 0 Å². The number of aromatic nitrogens is 1. The Bertz CT molecular complexity index is 611. The molecule has 3 heteroatoms. The van der Waals surface area contributed by atoms with E-state index in [1.807, 2.05) is 0 Å². The van der Waals surface area contributed by atoms with Crippen LogP contribution in [-0.2, 0) is 6.54 Å². The Morgan fingerprint density at radius 3 is 2.09 bits per heavy atom. The third-order valence-electron chi connectivity index (χ3n) is 4.11. The van der Waals surface area contributed by atoms with Crippen LogP contribution in [0, 0.1) is 0 Å². The summed E-state index contributed by atoms with van der Waals surface area (Å²) in [6.07, 6.45) is 11.2. The van der Waals surface area contributed by atoms with Crippen LogP contribution in [0.1, 0.15) is 24.0 Å². The molecule has 3 rings (SSSR count). The highest BCUT2D eigenvalue weighted by Crippen LogP contribution is 2.21. The van der Waals surface area contributed by atoms with Crippen molar-refractivity contribution in [1.82, 2.24) is 0 Å². The van der Waals surface area contributed by atoms with Gasteiger partial charge in [-0.25, -0.2) is 4.57 Å². The fraction of sp³-hybridized carbons (Fsp3) is 0.316. The van der Waals surface area contributed by atoms with Crippen LogP contribution in [0.15, 0.2) is 48.8 Å². The zero-order chi connectivity index (χ0) is 15.2. The molecule has 2 heterocycles. The van der Waals surface area contributed by atoms with E-state index >= 15 is 0 Å². The number of hydrogen-bond donors (Lipinski definition) is 1. The van der Waals surface area contributed by atoms with E-state index < -0.39 is 0 Å². The Morgan fingerprint density at radius 2 is 1.50 bits per heavy atom. The Hall–Kier alpha value is -1.74. The van der Waals surface area contributed by atoms with Gasteiger partial charge in [-0.2, -0.15) is 12.6 Å². The average Bonchev–Trinajstić information content (AvgIpc) is 3.09. The first-order valence-electron chi connectivity index (χ1n) is 7.98. The highest BCUT2D eigenvalue weighted by molar-refractivity contribution is 7.80. The smallest absolute Gasteiger partial charge is 0.169 e. The van der Waals surface area contributed by atoms with Gasteiger partial charge in [-0.15, -0.1) is 0 Å². The maximum atomic E-state index is 4.25. The SMILES string of the molecule is SCC[n+]1ccc(/C=C/c2ccc(N3CCCC3)cc2)cc1. The van der Waals surface area contributed by atoms with Crippen LogP contribution in [0.25, 0.3) is 12.2 Å². The quantitative estimate of drug-likeness (QED) is 0.653. The summed E-state index contributed by atoms with van der Waals surface area (Å²) in [5, 5.41) is 0. The summed E-state index contributed by atoms with van der Waals surface area (Å²) in [6.45, 7) is 3.35. The molecule has 22 heavy (non-hydrogen) atoms. The molecule has 0 atom stereocenters. The fourth-order valence-electron chi connectivity index (χ4n) is 2.81. The van der Waals surface area contributed by atoms with Crippen LogP contribution >= 0.6 is 12.6 Å². The van der Waals surface area contributed by atoms with Crippen molar-refractivity contribution in [2.24, 2.45) is 0 Å². The van der Waals surface area contributed by atoms with Crippen molar-refractivity contribution in [2.75, 3.05) is 23.7 Å². The molecule has 1 fully saturated rings. The maximum absolute atomic E-state index is 4.25. The first-order chi connectivity index (χ1) is 10.8. The number of anilines is 1. The third kappa shape index (κ3) is 3.92. The molecule has 0 bridgehead atoms. The van der Waals surface area contributed by atoms with Crippen molar-refractivity contribution < 1.29 is 4.57 Å². The van der Waals surface area contributed by atoms with Gasteiger partial charge in [0.15, 0.2) is 18.9 Å². The minimum Gasteiger partial charge on any atom is -0.372 e. The first-order valence-corrected chi connectivity index (χ1v) is 8.61. The first kappa shape index (κ1) is 15.2. The van der Waals surface area contributed by atoms with Gasteiger partial charge in [0.05, 0.1) is 0 Å². The van der Waals surface area contributed by atoms with Crippen molar-refractivity contribution >= 4 is 30.5 Å². The molecule has 0 unspecified atom stereocenters. The van der Waals surface area contributed by atoms with Crippen LogP contribution in [-0.4, -0.2) is 18.8 Å². The zero-order valence-corrected chi connectivity index (χ0v) is 13.8. The second kappa shape index (κ2) is 7.50. The standard InChI is InChI=1S/C19H22N2S/c22-16-15-20-13-9-18(10-14-20)4-3-17-5-7-19(8-6-17)21-11-1-2-12-21/h3-10,13-14H,1-2,11-12,15-16H2/p+1. The predicted molar refractivity (Wildman–Crippen MR) is 97.3 cm³/mol. The van der Waals surface area contributed by atoms with Crippen molar-refractivity contribution in [2.45, 2.75) is 19.4 Å². The monoisotopic (exact) mass is 311 g/mol. The average molecular weight is 311 g/mol. The number of nitrogens with zero attached hydrogens (tertiary/aromatic N) is 2. The molecule has 2 aromatic rings. The molecule has 0 spiro atoms. The summed E-state index contributed by atoms with van der Waals surface area (Å²) in [7, 11) is 0. The molecule has 0 radical (unpaired) electrons. The van der Waals surface area contributed by atoms with Crippen molar-refractivity contribution in [3.8, 4) is 0 Å².